The van der Waals surface area contributed by atoms with Gasteiger partial charge in [0.15, 0.2) is 6.10 Å². The van der Waals surface area contributed by atoms with Crippen LogP contribution in [0.25, 0.3) is 0 Å². The molecule has 0 fully saturated rings. The largest absolute Gasteiger partial charge is 0.472 e. The molecule has 0 radical (unpaired) electrons. The first-order valence-electron chi connectivity index (χ1n) is 20.6. The zero-order chi connectivity index (χ0) is 39.1. The number of likely N-dealkylation sites (N-methyl/N-ethyl adjacent to an activating group) is 1. The van der Waals surface area contributed by atoms with Crippen LogP contribution < -0.4 is 0 Å². The number of esters is 2. The third kappa shape index (κ3) is 39.2. The maximum Gasteiger partial charge on any atom is 0.472 e. The van der Waals surface area contributed by atoms with Crippen molar-refractivity contribution in [1.82, 2.24) is 4.90 Å². The SMILES string of the molecule is CC/C=C\C/C=C\C/C=C\C/C=C\CCCCC(=O)OC(COC(=O)CCCCCCC/C=C\CCCCCCCC)COP(=O)(O)OCCN(C)C. The van der Waals surface area contributed by atoms with Gasteiger partial charge < -0.3 is 19.3 Å². The van der Waals surface area contributed by atoms with Gasteiger partial charge >= 0.3 is 19.8 Å². The van der Waals surface area contributed by atoms with Gasteiger partial charge in [-0.05, 0) is 91.1 Å². The topological polar surface area (TPSA) is 112 Å². The monoisotopic (exact) mass is 766 g/mol. The first-order chi connectivity index (χ1) is 25.7. The van der Waals surface area contributed by atoms with E-state index in [0.717, 1.165) is 77.0 Å². The van der Waals surface area contributed by atoms with Gasteiger partial charge in [-0.2, -0.15) is 0 Å². The Kier molecular flexibility index (Phi) is 36.4. The normalized spacial score (nSPS) is 14.1. The number of carbonyl (C=O) groups is 2. The van der Waals surface area contributed by atoms with Crippen molar-refractivity contribution in [2.24, 2.45) is 0 Å². The molecule has 53 heavy (non-hydrogen) atoms. The number of nitrogens with zero attached hydrogens (tertiary/aromatic N) is 1. The zero-order valence-electron chi connectivity index (χ0n) is 33.9. The Bertz CT molecular complexity index is 1070. The van der Waals surface area contributed by atoms with Crippen molar-refractivity contribution in [2.75, 3.05) is 40.5 Å². The second-order valence-electron chi connectivity index (χ2n) is 13.8. The third-order valence-corrected chi connectivity index (χ3v) is 9.29. The van der Waals surface area contributed by atoms with Crippen molar-refractivity contribution in [3.05, 3.63) is 60.8 Å². The lowest BCUT2D eigenvalue weighted by Gasteiger charge is -2.20. The molecule has 9 nitrogen and oxygen atoms in total. The molecule has 0 aromatic rings. The number of phosphoric ester groups is 1. The molecule has 0 bridgehead atoms. The van der Waals surface area contributed by atoms with Crippen LogP contribution in [0.5, 0.6) is 0 Å². The highest BCUT2D eigenvalue weighted by molar-refractivity contribution is 7.47. The minimum atomic E-state index is -4.37. The van der Waals surface area contributed by atoms with Gasteiger partial charge in [0.2, 0.25) is 0 Å². The molecule has 0 saturated carbocycles. The standard InChI is InChI=1S/C43H76NO8P/c1-5-7-9-11-13-15-17-19-21-23-25-27-29-31-33-35-42(45)49-39-41(40-51-53(47,48)50-38-37-44(3)4)52-43(46)36-34-32-30-28-26-24-22-20-18-16-14-12-10-8-6-2/h8,10,14,16,19-22,26,28,41H,5-7,9,11-13,15,17-18,23-25,27,29-40H2,1-4H3,(H,47,48)/b10-8-,16-14-,21-19-,22-20-,28-26-. The van der Waals surface area contributed by atoms with E-state index in [1.54, 1.807) is 4.90 Å². The van der Waals surface area contributed by atoms with Gasteiger partial charge in [0, 0.05) is 19.4 Å². The quantitative estimate of drug-likeness (QED) is 0.0286. The van der Waals surface area contributed by atoms with Gasteiger partial charge in [-0.15, -0.1) is 0 Å². The number of hydrogen-bond donors (Lipinski definition) is 1. The summed E-state index contributed by atoms with van der Waals surface area (Å²) in [6, 6.07) is 0. The average molecular weight is 766 g/mol. The molecule has 0 amide bonds. The second-order valence-corrected chi connectivity index (χ2v) is 15.2. The van der Waals surface area contributed by atoms with Crippen LogP contribution in [0.1, 0.15) is 155 Å². The Morgan fingerprint density at radius 2 is 1.08 bits per heavy atom. The van der Waals surface area contributed by atoms with Crippen LogP contribution in [-0.4, -0.2) is 68.3 Å². The van der Waals surface area contributed by atoms with E-state index in [1.165, 1.54) is 44.9 Å². The Morgan fingerprint density at radius 3 is 1.66 bits per heavy atom. The molecule has 0 rings (SSSR count). The van der Waals surface area contributed by atoms with Crippen LogP contribution >= 0.6 is 7.82 Å². The Labute approximate surface area is 323 Å². The molecule has 0 heterocycles. The fourth-order valence-electron chi connectivity index (χ4n) is 5.14. The van der Waals surface area contributed by atoms with Crippen LogP contribution in [0.3, 0.4) is 0 Å². The Hall–Kier alpha value is -2.29. The lowest BCUT2D eigenvalue weighted by Crippen LogP contribution is -2.29. The Balaban J connectivity index is 4.42. The zero-order valence-corrected chi connectivity index (χ0v) is 34.8. The first kappa shape index (κ1) is 50.7. The predicted molar refractivity (Wildman–Crippen MR) is 220 cm³/mol. The molecule has 2 atom stereocenters. The van der Waals surface area contributed by atoms with E-state index < -0.39 is 32.5 Å². The fourth-order valence-corrected chi connectivity index (χ4v) is 5.88. The molecular weight excluding hydrogens is 689 g/mol. The van der Waals surface area contributed by atoms with E-state index in [4.69, 9.17) is 18.5 Å². The van der Waals surface area contributed by atoms with E-state index in [0.29, 0.717) is 13.0 Å². The van der Waals surface area contributed by atoms with Crippen LogP contribution in [0.2, 0.25) is 0 Å². The molecule has 0 spiro atoms. The summed E-state index contributed by atoms with van der Waals surface area (Å²) < 4.78 is 33.3. The van der Waals surface area contributed by atoms with Crippen molar-refractivity contribution in [3.8, 4) is 0 Å². The summed E-state index contributed by atoms with van der Waals surface area (Å²) in [6.45, 7) is 4.12. The number of carbonyl (C=O) groups excluding carboxylic acids is 2. The number of allylic oxidation sites excluding steroid dienone is 10. The van der Waals surface area contributed by atoms with E-state index in [-0.39, 0.29) is 26.1 Å². The second kappa shape index (κ2) is 38.0. The molecular formula is C43H76NO8P. The summed E-state index contributed by atoms with van der Waals surface area (Å²) in [5, 5.41) is 0. The van der Waals surface area contributed by atoms with Gasteiger partial charge in [-0.1, -0.05) is 126 Å². The van der Waals surface area contributed by atoms with Crippen molar-refractivity contribution in [1.29, 1.82) is 0 Å². The molecule has 0 aliphatic heterocycles. The number of rotatable bonds is 37. The van der Waals surface area contributed by atoms with Gasteiger partial charge in [-0.3, -0.25) is 18.6 Å². The molecule has 0 aromatic heterocycles. The summed E-state index contributed by atoms with van der Waals surface area (Å²) in [6.07, 6.45) is 42.7. The molecule has 1 N–H and O–H groups in total. The van der Waals surface area contributed by atoms with E-state index in [1.807, 2.05) is 14.1 Å². The number of unbranched alkanes of at least 4 members (excludes halogenated alkanes) is 13. The molecule has 0 aromatic carbocycles. The molecule has 306 valence electrons. The van der Waals surface area contributed by atoms with Crippen LogP contribution in [0.4, 0.5) is 0 Å². The average Bonchev–Trinajstić information content (AvgIpc) is 3.12. The highest BCUT2D eigenvalue weighted by Crippen LogP contribution is 2.43. The Morgan fingerprint density at radius 1 is 0.604 bits per heavy atom. The summed E-state index contributed by atoms with van der Waals surface area (Å²) in [4.78, 5) is 36.9. The van der Waals surface area contributed by atoms with Crippen molar-refractivity contribution >= 4 is 19.8 Å². The lowest BCUT2D eigenvalue weighted by atomic mass is 10.1. The number of ether oxygens (including phenoxy) is 2. The summed E-state index contributed by atoms with van der Waals surface area (Å²) in [5.74, 6) is -0.866. The molecule has 0 aliphatic rings. The maximum atomic E-state index is 12.6. The molecule has 0 aliphatic carbocycles. The molecule has 0 saturated heterocycles. The summed E-state index contributed by atoms with van der Waals surface area (Å²) >= 11 is 0. The van der Waals surface area contributed by atoms with E-state index >= 15 is 0 Å². The minimum Gasteiger partial charge on any atom is -0.462 e. The van der Waals surface area contributed by atoms with E-state index in [2.05, 4.69) is 74.6 Å². The minimum absolute atomic E-state index is 0.00451. The number of hydrogen-bond acceptors (Lipinski definition) is 8. The van der Waals surface area contributed by atoms with Crippen molar-refractivity contribution in [2.45, 2.75) is 161 Å². The highest BCUT2D eigenvalue weighted by atomic mass is 31.2. The smallest absolute Gasteiger partial charge is 0.462 e. The first-order valence-corrected chi connectivity index (χ1v) is 22.1. The van der Waals surface area contributed by atoms with Gasteiger partial charge in [0.25, 0.3) is 0 Å². The van der Waals surface area contributed by atoms with Crippen LogP contribution in [0, 0.1) is 0 Å². The van der Waals surface area contributed by atoms with Crippen molar-refractivity contribution < 1.29 is 37.6 Å². The molecule has 10 heteroatoms. The third-order valence-electron chi connectivity index (χ3n) is 8.31. The number of phosphoric acid groups is 1. The highest BCUT2D eigenvalue weighted by Gasteiger charge is 2.26. The predicted octanol–water partition coefficient (Wildman–Crippen LogP) is 11.5. The van der Waals surface area contributed by atoms with Crippen LogP contribution in [0.15, 0.2) is 60.8 Å². The van der Waals surface area contributed by atoms with Gasteiger partial charge in [0.05, 0.1) is 13.2 Å². The van der Waals surface area contributed by atoms with Crippen LogP contribution in [-0.2, 0) is 32.7 Å². The maximum absolute atomic E-state index is 12.6. The summed E-state index contributed by atoms with van der Waals surface area (Å²) in [5.41, 5.74) is 0. The van der Waals surface area contributed by atoms with Crippen molar-refractivity contribution in [3.63, 3.8) is 0 Å². The fraction of sp³-hybridized carbons (Fsp3) is 0.721. The lowest BCUT2D eigenvalue weighted by molar-refractivity contribution is -0.161. The van der Waals surface area contributed by atoms with Gasteiger partial charge in [-0.25, -0.2) is 4.57 Å². The van der Waals surface area contributed by atoms with Gasteiger partial charge in [0.1, 0.15) is 6.61 Å². The summed E-state index contributed by atoms with van der Waals surface area (Å²) in [7, 11) is -0.743. The van der Waals surface area contributed by atoms with E-state index in [9.17, 15) is 19.0 Å². The molecule has 2 unspecified atom stereocenters.